The number of alkyl halides is 3. The fourth-order valence-electron chi connectivity index (χ4n) is 3.84. The van der Waals surface area contributed by atoms with Crippen LogP contribution in [0.1, 0.15) is 32.7 Å². The van der Waals surface area contributed by atoms with E-state index in [0.717, 1.165) is 11.1 Å². The molecule has 2 aromatic carbocycles. The molecule has 6 nitrogen and oxygen atoms in total. The van der Waals surface area contributed by atoms with Gasteiger partial charge in [-0.05, 0) is 36.8 Å². The second-order valence-corrected chi connectivity index (χ2v) is 7.51. The van der Waals surface area contributed by atoms with E-state index in [0.29, 0.717) is 56.0 Å². The van der Waals surface area contributed by atoms with Crippen molar-refractivity contribution in [2.75, 3.05) is 44.2 Å². The lowest BCUT2D eigenvalue weighted by molar-refractivity contribution is -0.137. The summed E-state index contributed by atoms with van der Waals surface area (Å²) >= 11 is 0. The molecule has 0 N–H and O–H groups in total. The largest absolute Gasteiger partial charge is 0.416 e. The number of benzene rings is 2. The van der Waals surface area contributed by atoms with Crippen molar-refractivity contribution >= 4 is 29.9 Å². The highest BCUT2D eigenvalue weighted by molar-refractivity contribution is 6.20. The first-order valence-electron chi connectivity index (χ1n) is 10.1. The van der Waals surface area contributed by atoms with Gasteiger partial charge >= 0.3 is 6.18 Å². The van der Waals surface area contributed by atoms with Gasteiger partial charge in [0, 0.05) is 38.4 Å². The Bertz CT molecular complexity index is 943. The van der Waals surface area contributed by atoms with Crippen LogP contribution in [0, 0.1) is 0 Å². The van der Waals surface area contributed by atoms with Crippen LogP contribution in [0.25, 0.3) is 0 Å². The van der Waals surface area contributed by atoms with Gasteiger partial charge in [-0.3, -0.25) is 19.3 Å². The first kappa shape index (κ1) is 24.0. The standard InChI is InChI=1S/C22H22F3N3O3.ClH/c23-22(24,25)16-5-3-6-17(15-16)27-12-10-26(11-13-27)9-4-14-31-28-20(29)18-7-1-2-8-19(18)21(28)30;/h1-3,5-8,15H,4,9-14H2;1H. The van der Waals surface area contributed by atoms with Gasteiger partial charge in [-0.1, -0.05) is 18.2 Å². The lowest BCUT2D eigenvalue weighted by Gasteiger charge is -2.36. The summed E-state index contributed by atoms with van der Waals surface area (Å²) in [6, 6.07) is 12.0. The zero-order valence-corrected chi connectivity index (χ0v) is 18.0. The number of hydrogen-bond donors (Lipinski definition) is 0. The predicted molar refractivity (Wildman–Crippen MR) is 115 cm³/mol. The lowest BCUT2D eigenvalue weighted by atomic mass is 10.1. The average molecular weight is 470 g/mol. The van der Waals surface area contributed by atoms with Gasteiger partial charge < -0.3 is 4.90 Å². The lowest BCUT2D eigenvalue weighted by Crippen LogP contribution is -2.47. The number of nitrogens with zero attached hydrogens (tertiary/aromatic N) is 3. The molecule has 0 atom stereocenters. The number of hydrogen-bond acceptors (Lipinski definition) is 5. The van der Waals surface area contributed by atoms with Crippen molar-refractivity contribution in [3.8, 4) is 0 Å². The third kappa shape index (κ3) is 5.06. The van der Waals surface area contributed by atoms with Crippen LogP contribution in [0.3, 0.4) is 0 Å². The Morgan fingerprint density at radius 2 is 1.50 bits per heavy atom. The Morgan fingerprint density at radius 1 is 0.875 bits per heavy atom. The summed E-state index contributed by atoms with van der Waals surface area (Å²) in [6.45, 7) is 3.60. The number of imide groups is 1. The summed E-state index contributed by atoms with van der Waals surface area (Å²) in [7, 11) is 0. The molecule has 1 fully saturated rings. The number of rotatable bonds is 6. The molecule has 0 aliphatic carbocycles. The van der Waals surface area contributed by atoms with Crippen molar-refractivity contribution in [3.63, 3.8) is 0 Å². The predicted octanol–water partition coefficient (Wildman–Crippen LogP) is 3.87. The molecule has 2 aliphatic heterocycles. The van der Waals surface area contributed by atoms with Gasteiger partial charge in [0.2, 0.25) is 0 Å². The smallest absolute Gasteiger partial charge is 0.369 e. The Morgan fingerprint density at radius 3 is 2.09 bits per heavy atom. The number of carbonyl (C=O) groups excluding carboxylic acids is 2. The maximum absolute atomic E-state index is 12.9. The van der Waals surface area contributed by atoms with Crippen LogP contribution in [-0.4, -0.2) is 61.1 Å². The van der Waals surface area contributed by atoms with E-state index in [1.165, 1.54) is 12.1 Å². The van der Waals surface area contributed by atoms with Gasteiger partial charge in [0.15, 0.2) is 0 Å². The normalized spacial score (nSPS) is 16.8. The molecule has 2 aliphatic rings. The van der Waals surface area contributed by atoms with Gasteiger partial charge in [-0.25, -0.2) is 0 Å². The summed E-state index contributed by atoms with van der Waals surface area (Å²) in [5, 5.41) is 0.816. The van der Waals surface area contributed by atoms with E-state index >= 15 is 0 Å². The first-order valence-corrected chi connectivity index (χ1v) is 10.1. The Balaban J connectivity index is 0.00000289. The molecule has 32 heavy (non-hydrogen) atoms. The van der Waals surface area contributed by atoms with Crippen LogP contribution in [0.2, 0.25) is 0 Å². The molecule has 4 rings (SSSR count). The monoisotopic (exact) mass is 469 g/mol. The molecular formula is C22H23ClF3N3O3. The number of anilines is 1. The Hall–Kier alpha value is -2.62. The third-order valence-electron chi connectivity index (χ3n) is 5.51. The zero-order valence-electron chi connectivity index (χ0n) is 17.2. The summed E-state index contributed by atoms with van der Waals surface area (Å²) in [4.78, 5) is 34.1. The van der Waals surface area contributed by atoms with E-state index in [2.05, 4.69) is 4.90 Å². The Labute approximate surface area is 189 Å². The molecule has 0 aromatic heterocycles. The highest BCUT2D eigenvalue weighted by Gasteiger charge is 2.36. The molecular weight excluding hydrogens is 447 g/mol. The SMILES string of the molecule is Cl.O=C1c2ccccc2C(=O)N1OCCCN1CCN(c2cccc(C(F)(F)F)c2)CC1. The molecule has 0 saturated carbocycles. The zero-order chi connectivity index (χ0) is 22.0. The fraction of sp³-hybridized carbons (Fsp3) is 0.364. The van der Waals surface area contributed by atoms with E-state index in [1.54, 1.807) is 30.3 Å². The highest BCUT2D eigenvalue weighted by Crippen LogP contribution is 2.32. The maximum atomic E-state index is 12.9. The van der Waals surface area contributed by atoms with Gasteiger partial charge in [-0.2, -0.15) is 13.2 Å². The van der Waals surface area contributed by atoms with Gasteiger partial charge in [0.05, 0.1) is 23.3 Å². The van der Waals surface area contributed by atoms with Crippen LogP contribution >= 0.6 is 12.4 Å². The molecule has 0 bridgehead atoms. The Kier molecular flexibility index (Phi) is 7.43. The second-order valence-electron chi connectivity index (χ2n) is 7.51. The minimum atomic E-state index is -4.35. The van der Waals surface area contributed by atoms with Crippen molar-refractivity contribution in [3.05, 3.63) is 65.2 Å². The summed E-state index contributed by atoms with van der Waals surface area (Å²) in [6.07, 6.45) is -3.73. The van der Waals surface area contributed by atoms with E-state index in [1.807, 2.05) is 4.90 Å². The highest BCUT2D eigenvalue weighted by atomic mass is 35.5. The number of carbonyl (C=O) groups is 2. The van der Waals surface area contributed by atoms with E-state index in [9.17, 15) is 22.8 Å². The van der Waals surface area contributed by atoms with Gasteiger partial charge in [-0.15, -0.1) is 17.5 Å². The minimum absolute atomic E-state index is 0. The molecule has 0 radical (unpaired) electrons. The van der Waals surface area contributed by atoms with Crippen molar-refractivity contribution in [2.24, 2.45) is 0 Å². The van der Waals surface area contributed by atoms with Crippen LogP contribution < -0.4 is 4.90 Å². The molecule has 2 aromatic rings. The van der Waals surface area contributed by atoms with Crippen LogP contribution in [-0.2, 0) is 11.0 Å². The second kappa shape index (κ2) is 9.89. The summed E-state index contributed by atoms with van der Waals surface area (Å²) < 4.78 is 38.8. The number of amides is 2. The molecule has 2 heterocycles. The van der Waals surface area contributed by atoms with Crippen molar-refractivity contribution < 1.29 is 27.6 Å². The minimum Gasteiger partial charge on any atom is -0.369 e. The van der Waals surface area contributed by atoms with Crippen molar-refractivity contribution in [1.82, 2.24) is 9.96 Å². The number of fused-ring (bicyclic) bond motifs is 1. The fourth-order valence-corrected chi connectivity index (χ4v) is 3.84. The molecule has 10 heteroatoms. The molecule has 172 valence electrons. The number of hydroxylamine groups is 2. The van der Waals surface area contributed by atoms with Crippen LogP contribution in [0.5, 0.6) is 0 Å². The van der Waals surface area contributed by atoms with Gasteiger partial charge in [0.25, 0.3) is 11.8 Å². The number of halogens is 4. The average Bonchev–Trinajstić information content (AvgIpc) is 3.01. The van der Waals surface area contributed by atoms with Gasteiger partial charge in [0.1, 0.15) is 0 Å². The van der Waals surface area contributed by atoms with Crippen molar-refractivity contribution in [2.45, 2.75) is 12.6 Å². The van der Waals surface area contributed by atoms with Crippen LogP contribution in [0.4, 0.5) is 18.9 Å². The van der Waals surface area contributed by atoms with E-state index < -0.39 is 23.6 Å². The summed E-state index contributed by atoms with van der Waals surface area (Å²) in [5.41, 5.74) is 0.623. The maximum Gasteiger partial charge on any atom is 0.416 e. The third-order valence-corrected chi connectivity index (χ3v) is 5.51. The molecule has 2 amide bonds. The van der Waals surface area contributed by atoms with Crippen LogP contribution in [0.15, 0.2) is 48.5 Å². The summed E-state index contributed by atoms with van der Waals surface area (Å²) in [5.74, 6) is -0.898. The molecule has 0 unspecified atom stereocenters. The van der Waals surface area contributed by atoms with Crippen molar-refractivity contribution in [1.29, 1.82) is 0 Å². The van der Waals surface area contributed by atoms with E-state index in [-0.39, 0.29) is 19.0 Å². The number of piperazine rings is 1. The quantitative estimate of drug-likeness (QED) is 0.475. The molecule has 0 spiro atoms. The molecule has 1 saturated heterocycles. The first-order chi connectivity index (χ1) is 14.8. The van der Waals surface area contributed by atoms with E-state index in [4.69, 9.17) is 4.84 Å². The topological polar surface area (TPSA) is 53.1 Å².